The smallest absolute Gasteiger partial charge is 0.237 e. The van der Waals surface area contributed by atoms with Crippen molar-refractivity contribution in [2.24, 2.45) is 0 Å². The van der Waals surface area contributed by atoms with E-state index < -0.39 is 0 Å². The molecule has 0 unspecified atom stereocenters. The Morgan fingerprint density at radius 1 is 1.00 bits per heavy atom. The van der Waals surface area contributed by atoms with Crippen LogP contribution in [0.5, 0.6) is 0 Å². The summed E-state index contributed by atoms with van der Waals surface area (Å²) < 4.78 is 0. The number of anilines is 1. The van der Waals surface area contributed by atoms with Gasteiger partial charge in [-0.1, -0.05) is 90.1 Å². The third-order valence-corrected chi connectivity index (χ3v) is 7.37. The second-order valence-corrected chi connectivity index (χ2v) is 9.63. The van der Waals surface area contributed by atoms with Crippen LogP contribution < -0.4 is 4.90 Å². The van der Waals surface area contributed by atoms with Gasteiger partial charge in [0.2, 0.25) is 5.91 Å². The van der Waals surface area contributed by atoms with E-state index in [4.69, 9.17) is 16.6 Å². The van der Waals surface area contributed by atoms with Gasteiger partial charge in [-0.25, -0.2) is 4.98 Å². The van der Waals surface area contributed by atoms with Gasteiger partial charge in [0.25, 0.3) is 0 Å². The lowest BCUT2D eigenvalue weighted by molar-refractivity contribution is -0.116. The summed E-state index contributed by atoms with van der Waals surface area (Å²) >= 11 is 7.82. The van der Waals surface area contributed by atoms with Crippen LogP contribution >= 0.6 is 23.4 Å². The van der Waals surface area contributed by atoms with E-state index in [9.17, 15) is 10.1 Å². The van der Waals surface area contributed by atoms with E-state index in [0.29, 0.717) is 27.7 Å². The molecular formula is C29H22ClN3OS. The number of amides is 1. The molecule has 172 valence electrons. The monoisotopic (exact) mass is 495 g/mol. The average molecular weight is 496 g/mol. The van der Waals surface area contributed by atoms with E-state index in [0.717, 1.165) is 35.3 Å². The number of aromatic nitrogens is 1. The number of thioether (sulfide) groups is 1. The largest absolute Gasteiger partial charge is 0.311 e. The van der Waals surface area contributed by atoms with Crippen LogP contribution in [0, 0.1) is 11.3 Å². The number of nitrogens with zero attached hydrogens (tertiary/aromatic N) is 3. The summed E-state index contributed by atoms with van der Waals surface area (Å²) in [4.78, 5) is 19.9. The van der Waals surface area contributed by atoms with Crippen molar-refractivity contribution < 1.29 is 4.79 Å². The number of pyridine rings is 1. The van der Waals surface area contributed by atoms with E-state index >= 15 is 0 Å². The Balaban J connectivity index is 1.52. The van der Waals surface area contributed by atoms with Gasteiger partial charge in [-0.15, -0.1) is 0 Å². The van der Waals surface area contributed by atoms with E-state index in [1.54, 1.807) is 0 Å². The number of para-hydroxylation sites is 1. The minimum atomic E-state index is 0.0113. The van der Waals surface area contributed by atoms with Gasteiger partial charge in [-0.05, 0) is 36.6 Å². The van der Waals surface area contributed by atoms with Crippen LogP contribution in [0.3, 0.4) is 0 Å². The molecule has 0 atom stereocenters. The lowest BCUT2D eigenvalue weighted by Crippen LogP contribution is -2.36. The molecular weight excluding hydrogens is 474 g/mol. The van der Waals surface area contributed by atoms with Crippen LogP contribution in [0.25, 0.3) is 22.4 Å². The SMILES string of the molecule is N#Cc1c(-c2ccccc2Cl)cc(-c2ccccc2)nc1SCC(=O)N1CCCc2ccccc21. The molecule has 0 radical (unpaired) electrons. The zero-order valence-electron chi connectivity index (χ0n) is 18.9. The number of rotatable bonds is 5. The molecule has 5 rings (SSSR count). The topological polar surface area (TPSA) is 57.0 Å². The normalized spacial score (nSPS) is 12.6. The average Bonchev–Trinajstić information content (AvgIpc) is 2.91. The highest BCUT2D eigenvalue weighted by Crippen LogP contribution is 2.37. The van der Waals surface area contributed by atoms with Crippen molar-refractivity contribution in [2.75, 3.05) is 17.2 Å². The van der Waals surface area contributed by atoms with Crippen LogP contribution in [-0.4, -0.2) is 23.2 Å². The standard InChI is InChI=1S/C29H22ClN3OS/c30-25-14-6-5-13-22(25)23-17-26(20-9-2-1-3-10-20)32-29(24(23)18-31)35-19-28(34)33-16-8-12-21-11-4-7-15-27(21)33/h1-7,9-11,13-15,17H,8,12,16,19H2. The number of carbonyl (C=O) groups is 1. The fraction of sp³-hybridized carbons (Fsp3) is 0.138. The Kier molecular flexibility index (Phi) is 6.85. The number of hydrogen-bond donors (Lipinski definition) is 0. The second-order valence-electron chi connectivity index (χ2n) is 8.26. The summed E-state index contributed by atoms with van der Waals surface area (Å²) in [5.74, 6) is 0.202. The van der Waals surface area contributed by atoms with Crippen molar-refractivity contribution in [3.8, 4) is 28.5 Å². The van der Waals surface area contributed by atoms with Crippen molar-refractivity contribution in [3.63, 3.8) is 0 Å². The van der Waals surface area contributed by atoms with Gasteiger partial charge in [0, 0.05) is 33.9 Å². The molecule has 0 bridgehead atoms. The van der Waals surface area contributed by atoms with Crippen molar-refractivity contribution in [2.45, 2.75) is 17.9 Å². The predicted molar refractivity (Wildman–Crippen MR) is 143 cm³/mol. The lowest BCUT2D eigenvalue weighted by Gasteiger charge is -2.29. The van der Waals surface area contributed by atoms with E-state index in [-0.39, 0.29) is 11.7 Å². The fourth-order valence-corrected chi connectivity index (χ4v) is 5.50. The molecule has 1 amide bonds. The summed E-state index contributed by atoms with van der Waals surface area (Å²) in [5.41, 5.74) is 5.75. The molecule has 4 aromatic rings. The van der Waals surface area contributed by atoms with Crippen LogP contribution in [0.15, 0.2) is 90.0 Å². The highest BCUT2D eigenvalue weighted by molar-refractivity contribution is 8.00. The zero-order valence-corrected chi connectivity index (χ0v) is 20.5. The number of hydrogen-bond acceptors (Lipinski definition) is 4. The van der Waals surface area contributed by atoms with Crippen molar-refractivity contribution in [3.05, 3.63) is 101 Å². The molecule has 6 heteroatoms. The molecule has 3 aromatic carbocycles. The first-order chi connectivity index (χ1) is 17.2. The van der Waals surface area contributed by atoms with Gasteiger partial charge >= 0.3 is 0 Å². The maximum Gasteiger partial charge on any atom is 0.237 e. The Morgan fingerprint density at radius 2 is 1.74 bits per heavy atom. The molecule has 0 N–H and O–H groups in total. The van der Waals surface area contributed by atoms with Gasteiger partial charge in [0.1, 0.15) is 11.1 Å². The summed E-state index contributed by atoms with van der Waals surface area (Å²) in [6, 6.07) is 29.6. The molecule has 0 spiro atoms. The molecule has 0 saturated carbocycles. The first kappa shape index (κ1) is 23.2. The zero-order chi connectivity index (χ0) is 24.2. The van der Waals surface area contributed by atoms with Crippen molar-refractivity contribution >= 4 is 35.0 Å². The number of halogens is 1. The van der Waals surface area contributed by atoms with Gasteiger partial charge in [0.05, 0.1) is 17.0 Å². The summed E-state index contributed by atoms with van der Waals surface area (Å²) in [7, 11) is 0. The number of benzene rings is 3. The molecule has 2 heterocycles. The van der Waals surface area contributed by atoms with Gasteiger partial charge in [-0.3, -0.25) is 4.79 Å². The maximum absolute atomic E-state index is 13.3. The summed E-state index contributed by atoms with van der Waals surface area (Å²) in [6.07, 6.45) is 1.92. The Bertz CT molecular complexity index is 1430. The third-order valence-electron chi connectivity index (χ3n) is 6.08. The van der Waals surface area contributed by atoms with E-state index in [1.165, 1.54) is 17.3 Å². The Hall–Kier alpha value is -3.59. The second kappa shape index (κ2) is 10.4. The number of fused-ring (bicyclic) bond motifs is 1. The van der Waals surface area contributed by atoms with Crippen molar-refractivity contribution in [1.29, 1.82) is 5.26 Å². The minimum Gasteiger partial charge on any atom is -0.311 e. The first-order valence-corrected chi connectivity index (χ1v) is 12.8. The quantitative estimate of drug-likeness (QED) is 0.279. The minimum absolute atomic E-state index is 0.0113. The highest BCUT2D eigenvalue weighted by atomic mass is 35.5. The van der Waals surface area contributed by atoms with E-state index in [1.807, 2.05) is 83.8 Å². The number of carbonyl (C=O) groups excluding carboxylic acids is 1. The van der Waals surface area contributed by atoms with Gasteiger partial charge in [-0.2, -0.15) is 5.26 Å². The molecule has 1 aliphatic heterocycles. The summed E-state index contributed by atoms with van der Waals surface area (Å²) in [5, 5.41) is 11.2. The molecule has 0 aliphatic carbocycles. The first-order valence-electron chi connectivity index (χ1n) is 11.4. The van der Waals surface area contributed by atoms with E-state index in [2.05, 4.69) is 12.1 Å². The predicted octanol–water partition coefficient (Wildman–Crippen LogP) is 7.01. The summed E-state index contributed by atoms with van der Waals surface area (Å²) in [6.45, 7) is 0.698. The van der Waals surface area contributed by atoms with Crippen molar-refractivity contribution in [1.82, 2.24) is 4.98 Å². The van der Waals surface area contributed by atoms with Gasteiger partial charge in [0.15, 0.2) is 0 Å². The third kappa shape index (κ3) is 4.81. The molecule has 0 saturated heterocycles. The molecule has 4 nitrogen and oxygen atoms in total. The fourth-order valence-electron chi connectivity index (χ4n) is 4.38. The number of nitriles is 1. The molecule has 1 aliphatic rings. The van der Waals surface area contributed by atoms with Gasteiger partial charge < -0.3 is 4.90 Å². The lowest BCUT2D eigenvalue weighted by atomic mass is 9.99. The molecule has 0 fully saturated rings. The van der Waals surface area contributed by atoms with Crippen LogP contribution in [0.1, 0.15) is 17.5 Å². The Labute approximate surface area is 214 Å². The van der Waals surface area contributed by atoms with Crippen LogP contribution in [0.4, 0.5) is 5.69 Å². The maximum atomic E-state index is 13.3. The Morgan fingerprint density at radius 3 is 2.54 bits per heavy atom. The van der Waals surface area contributed by atoms with Crippen LogP contribution in [-0.2, 0) is 11.2 Å². The molecule has 35 heavy (non-hydrogen) atoms. The molecule has 1 aromatic heterocycles. The van der Waals surface area contributed by atoms with Crippen LogP contribution in [0.2, 0.25) is 5.02 Å². The highest BCUT2D eigenvalue weighted by Gasteiger charge is 2.24. The number of aryl methyl sites for hydroxylation is 1.